The van der Waals surface area contributed by atoms with Crippen molar-refractivity contribution in [3.8, 4) is 57.0 Å². The molecule has 2 aromatic heterocycles. The molecule has 0 aliphatic carbocycles. The van der Waals surface area contributed by atoms with E-state index in [1.807, 2.05) is 48.5 Å². The molecule has 0 unspecified atom stereocenters. The van der Waals surface area contributed by atoms with Gasteiger partial charge in [-0.3, -0.25) is 30.2 Å². The number of aromatic amines is 2. The minimum atomic E-state index is -0.580. The van der Waals surface area contributed by atoms with Crippen LogP contribution in [0.3, 0.4) is 0 Å². The van der Waals surface area contributed by atoms with Gasteiger partial charge < -0.3 is 39.1 Å². The fourth-order valence-electron chi connectivity index (χ4n) is 15.6. The maximum Gasteiger partial charge on any atom is 0.321 e. The van der Waals surface area contributed by atoms with Gasteiger partial charge in [-0.15, -0.1) is 0 Å². The van der Waals surface area contributed by atoms with Crippen molar-refractivity contribution in [1.29, 1.82) is 0 Å². The first-order chi connectivity index (χ1) is 59.1. The van der Waals surface area contributed by atoms with Crippen LogP contribution in [0.4, 0.5) is 21.5 Å². The molecule has 18 nitrogen and oxygen atoms in total. The second kappa shape index (κ2) is 71.2. The Labute approximate surface area is 728 Å². The number of amides is 4. The Morgan fingerprint density at radius 2 is 0.483 bits per heavy atom. The van der Waals surface area contributed by atoms with Crippen LogP contribution in [0, 0.1) is 0 Å². The Morgan fingerprint density at radius 3 is 0.708 bits per heavy atom. The number of benzene rings is 3. The largest absolute Gasteiger partial charge is 0.490 e. The predicted octanol–water partition coefficient (Wildman–Crippen LogP) is 29.6. The van der Waals surface area contributed by atoms with Crippen molar-refractivity contribution in [3.05, 3.63) is 92.5 Å². The number of nitrogens with one attached hydrogen (secondary N) is 6. The molecular formula is C102H170N8O10. The maximum atomic E-state index is 13.8. The van der Waals surface area contributed by atoms with Crippen molar-refractivity contribution in [2.45, 2.75) is 440 Å². The number of anilines is 2. The molecule has 0 aliphatic heterocycles. The van der Waals surface area contributed by atoms with Gasteiger partial charge in [-0.25, -0.2) is 19.6 Å². The summed E-state index contributed by atoms with van der Waals surface area (Å²) >= 11 is 0. The van der Waals surface area contributed by atoms with Gasteiger partial charge in [0.1, 0.15) is 0 Å². The lowest BCUT2D eigenvalue weighted by atomic mass is 10.1. The third-order valence-corrected chi connectivity index (χ3v) is 23.0. The van der Waals surface area contributed by atoms with Gasteiger partial charge in [0, 0.05) is 36.3 Å². The Balaban J connectivity index is 1.28. The molecule has 5 aromatic rings. The first-order valence-electron chi connectivity index (χ1n) is 49.6. The van der Waals surface area contributed by atoms with Crippen LogP contribution in [0.15, 0.2) is 70.3 Å². The topological polar surface area (TPSA) is 229 Å². The number of nitrogens with zero attached hydrogens (tertiary/aromatic N) is 2. The van der Waals surface area contributed by atoms with Crippen molar-refractivity contribution in [1.82, 2.24) is 30.6 Å². The average Bonchev–Trinajstić information content (AvgIpc) is 0.803. The first-order valence-corrected chi connectivity index (χ1v) is 49.6. The number of carbonyl (C=O) groups excluding carboxylic acids is 2. The second-order valence-electron chi connectivity index (χ2n) is 34.2. The van der Waals surface area contributed by atoms with E-state index in [-0.39, 0.29) is 25.0 Å². The zero-order chi connectivity index (χ0) is 85.4. The van der Waals surface area contributed by atoms with Crippen molar-refractivity contribution < 1.29 is 38.0 Å². The van der Waals surface area contributed by atoms with E-state index in [0.29, 0.717) is 96.7 Å². The Morgan fingerprint density at radius 1 is 0.275 bits per heavy atom. The molecule has 0 spiro atoms. The van der Waals surface area contributed by atoms with Crippen LogP contribution in [-0.2, 0) is 13.1 Å². The van der Waals surface area contributed by atoms with Crippen molar-refractivity contribution in [2.75, 3.05) is 50.3 Å². The van der Waals surface area contributed by atoms with E-state index < -0.39 is 23.2 Å². The van der Waals surface area contributed by atoms with Gasteiger partial charge in [-0.05, 0) is 73.9 Å². The van der Waals surface area contributed by atoms with Gasteiger partial charge in [-0.1, -0.05) is 413 Å². The molecule has 120 heavy (non-hydrogen) atoms. The van der Waals surface area contributed by atoms with Gasteiger partial charge >= 0.3 is 12.1 Å². The van der Waals surface area contributed by atoms with E-state index in [2.05, 4.69) is 72.8 Å². The number of urea groups is 2. The Hall–Kier alpha value is -7.24. The maximum absolute atomic E-state index is 13.8. The predicted molar refractivity (Wildman–Crippen MR) is 503 cm³/mol. The number of carbonyl (C=O) groups is 2. The van der Waals surface area contributed by atoms with Crippen molar-refractivity contribution in [3.63, 3.8) is 0 Å². The van der Waals surface area contributed by atoms with E-state index in [9.17, 15) is 19.2 Å². The zero-order valence-corrected chi connectivity index (χ0v) is 76.8. The molecule has 5 rings (SSSR count). The van der Waals surface area contributed by atoms with Gasteiger partial charge in [0.15, 0.2) is 23.0 Å². The SMILES string of the molecule is CCCCCCCCCCCCOc1cc(-c2cc(=O)[nH]c(NC(=O)NCc3cccc(CNC(=O)Nc4nc(-c5cc(OCCCCCCCCCCCC)c(OCCCCCCCCCCCC)c(OCCCCCCCCCCCC)c5)cc(=O)[nH]4)c3)n2)cc(OCCCCCCCCCCCC)c1OCCCCCCCCCCCC. The normalized spacial score (nSPS) is 11.3. The lowest BCUT2D eigenvalue weighted by molar-refractivity contribution is 0.234. The number of aromatic nitrogens is 4. The number of hydrogen-bond donors (Lipinski definition) is 6. The van der Waals surface area contributed by atoms with Crippen LogP contribution in [0.25, 0.3) is 22.5 Å². The molecule has 0 fully saturated rings. The molecule has 0 radical (unpaired) electrons. The fourth-order valence-corrected chi connectivity index (χ4v) is 15.6. The van der Waals surface area contributed by atoms with Crippen LogP contribution in [0.1, 0.15) is 438 Å². The third-order valence-electron chi connectivity index (χ3n) is 23.0. The lowest BCUT2D eigenvalue weighted by Gasteiger charge is -2.19. The summed E-state index contributed by atoms with van der Waals surface area (Å²) in [6, 6.07) is 16.8. The van der Waals surface area contributed by atoms with Crippen molar-refractivity contribution in [2.24, 2.45) is 0 Å². The molecule has 3 aromatic carbocycles. The number of hydrogen-bond acceptors (Lipinski definition) is 12. The molecule has 0 atom stereocenters. The number of rotatable bonds is 80. The fraction of sp³-hybridized carbons (Fsp3) is 0.725. The highest BCUT2D eigenvalue weighted by molar-refractivity contribution is 5.88. The van der Waals surface area contributed by atoms with E-state index in [0.717, 1.165) is 88.2 Å². The van der Waals surface area contributed by atoms with Gasteiger partial charge in [0.05, 0.1) is 51.0 Å². The summed E-state index contributed by atoms with van der Waals surface area (Å²) in [7, 11) is 0. The Kier molecular flexibility index (Phi) is 61.3. The van der Waals surface area contributed by atoms with Crippen LogP contribution in [-0.4, -0.2) is 71.6 Å². The molecule has 4 amide bonds. The molecular weight excluding hydrogens is 1500 g/mol. The minimum absolute atomic E-state index is 0.0260. The minimum Gasteiger partial charge on any atom is -0.490 e. The molecule has 2 heterocycles. The molecule has 18 heteroatoms. The summed E-state index contributed by atoms with van der Waals surface area (Å²) in [6.07, 6.45) is 73.2. The van der Waals surface area contributed by atoms with E-state index in [1.165, 1.54) is 320 Å². The molecule has 0 aliphatic rings. The molecule has 6 N–H and O–H groups in total. The van der Waals surface area contributed by atoms with Gasteiger partial charge in [-0.2, -0.15) is 0 Å². The van der Waals surface area contributed by atoms with Gasteiger partial charge in [0.25, 0.3) is 11.1 Å². The molecule has 0 saturated heterocycles. The Bertz CT molecular complexity index is 3170. The second-order valence-corrected chi connectivity index (χ2v) is 34.2. The smallest absolute Gasteiger partial charge is 0.321 e. The summed E-state index contributed by atoms with van der Waals surface area (Å²) in [5.74, 6) is 3.33. The third kappa shape index (κ3) is 50.4. The van der Waals surface area contributed by atoms with E-state index in [1.54, 1.807) is 0 Å². The van der Waals surface area contributed by atoms with Crippen LogP contribution in [0.5, 0.6) is 34.5 Å². The quantitative estimate of drug-likeness (QED) is 0.0200. The van der Waals surface area contributed by atoms with Crippen LogP contribution < -0.4 is 60.8 Å². The summed E-state index contributed by atoms with van der Waals surface area (Å²) in [5.41, 5.74) is 2.54. The van der Waals surface area contributed by atoms with Crippen LogP contribution in [0.2, 0.25) is 0 Å². The highest BCUT2D eigenvalue weighted by Crippen LogP contribution is 2.44. The summed E-state index contributed by atoms with van der Waals surface area (Å²) in [6.45, 7) is 16.9. The van der Waals surface area contributed by atoms with Crippen molar-refractivity contribution >= 4 is 24.0 Å². The lowest BCUT2D eigenvalue weighted by Crippen LogP contribution is -2.30. The summed E-state index contributed by atoms with van der Waals surface area (Å²) in [5, 5.41) is 11.4. The highest BCUT2D eigenvalue weighted by atomic mass is 16.5. The van der Waals surface area contributed by atoms with Gasteiger partial charge in [0.2, 0.25) is 23.4 Å². The number of ether oxygens (including phenoxy) is 6. The molecule has 0 saturated carbocycles. The van der Waals surface area contributed by atoms with E-state index >= 15 is 0 Å². The number of H-pyrrole nitrogens is 2. The first kappa shape index (κ1) is 103. The number of unbranched alkanes of at least 4 members (excludes halogenated alkanes) is 54. The standard InChI is InChI=1S/C102H170N8O10/c1-7-13-19-25-31-37-43-49-55-61-70-115-91-77-87(78-92(116-71-62-56-50-44-38-32-26-20-14-8-2)97(91)119-74-65-59-53-47-41-35-29-23-17-11-5)89-81-95(111)107-99(105-89)109-101(113)103-83-85-68-67-69-86(76-85)84-104-102(114)110-100-106-90(82-96(112)108-100)88-79-93(117-72-63-57-51-45-39-33-27-21-15-9-3)98(120-75-66-60-54-48-42-36-30-24-18-12-6)94(80-88)118-73-64-58-52-46-40-34-28-22-16-10-4/h67-69,76-82H,7-66,70-75,83-84H2,1-6H3,(H3,103,105,107,109,111,113)(H3,104,106,108,110,112,114). The highest BCUT2D eigenvalue weighted by Gasteiger charge is 2.22. The molecule has 0 bridgehead atoms. The summed E-state index contributed by atoms with van der Waals surface area (Å²) < 4.78 is 40.2. The molecule has 678 valence electrons. The monoisotopic (exact) mass is 1670 g/mol. The van der Waals surface area contributed by atoms with E-state index in [4.69, 9.17) is 38.4 Å². The zero-order valence-electron chi connectivity index (χ0n) is 76.8. The average molecular weight is 1670 g/mol. The summed E-state index contributed by atoms with van der Waals surface area (Å²) in [4.78, 5) is 69.7. The van der Waals surface area contributed by atoms with Crippen LogP contribution >= 0.6 is 0 Å².